The molecule has 1 aliphatic rings. The van der Waals surface area contributed by atoms with Gasteiger partial charge in [0.1, 0.15) is 5.75 Å². The van der Waals surface area contributed by atoms with Crippen molar-refractivity contribution in [2.45, 2.75) is 12.5 Å². The first-order valence-corrected chi connectivity index (χ1v) is 6.85. The number of carbonyl (C=O) groups is 1. The van der Waals surface area contributed by atoms with E-state index in [9.17, 15) is 9.90 Å². The van der Waals surface area contributed by atoms with E-state index in [1.165, 1.54) is 0 Å². The minimum atomic E-state index is -0.380. The van der Waals surface area contributed by atoms with E-state index in [2.05, 4.69) is 50.5 Å². The zero-order valence-corrected chi connectivity index (χ0v) is 12.5. The number of amides is 1. The van der Waals surface area contributed by atoms with E-state index < -0.39 is 0 Å². The van der Waals surface area contributed by atoms with Crippen molar-refractivity contribution in [3.05, 3.63) is 24.8 Å². The Labute approximate surface area is 120 Å². The molecule has 0 bridgehead atoms. The second kappa shape index (κ2) is 4.94. The van der Waals surface area contributed by atoms with Crippen LogP contribution in [0.4, 0.5) is 4.79 Å². The molecule has 0 aliphatic carbocycles. The minimum Gasteiger partial charge on any atom is -0.506 e. The fraction of sp³-hybridized carbons (Fsp3) is 0.300. The molecule has 4 nitrogen and oxygen atoms in total. The van der Waals surface area contributed by atoms with E-state index in [0.29, 0.717) is 12.4 Å². The van der Waals surface area contributed by atoms with Gasteiger partial charge in [0.25, 0.3) is 0 Å². The average Bonchev–Trinajstić information content (AvgIpc) is 2.25. The maximum Gasteiger partial charge on any atom is 0.407 e. The summed E-state index contributed by atoms with van der Waals surface area (Å²) in [6.07, 6.45) is 0.372. The summed E-state index contributed by atoms with van der Waals surface area (Å²) in [5.74, 6) is 0.295. The summed E-state index contributed by atoms with van der Waals surface area (Å²) in [5, 5.41) is 12.4. The van der Waals surface area contributed by atoms with Gasteiger partial charge in [-0.2, -0.15) is 0 Å². The van der Waals surface area contributed by atoms with Crippen LogP contribution in [0.2, 0.25) is 0 Å². The van der Waals surface area contributed by atoms with Gasteiger partial charge in [0, 0.05) is 6.42 Å². The van der Waals surface area contributed by atoms with Crippen LogP contribution in [0.1, 0.15) is 18.0 Å². The molecule has 0 spiro atoms. The first-order chi connectivity index (χ1) is 7.58. The molecule has 1 aliphatic heterocycles. The molecule has 1 aromatic carbocycles. The lowest BCUT2D eigenvalue weighted by Crippen LogP contribution is -2.35. The standard InChI is InChI=1S/C10H9I2NO3/c11-6-3-5(4-7(12)9(6)14)8-1-2-16-10(15)13-8/h3-4,8,14H,1-2H2,(H,13,15)/t8-/m0/s1. The van der Waals surface area contributed by atoms with Gasteiger partial charge in [-0.3, -0.25) is 0 Å². The smallest absolute Gasteiger partial charge is 0.407 e. The highest BCUT2D eigenvalue weighted by atomic mass is 127. The molecule has 1 aromatic rings. The Kier molecular flexibility index (Phi) is 3.77. The largest absolute Gasteiger partial charge is 0.506 e. The molecule has 6 heteroatoms. The van der Waals surface area contributed by atoms with Crippen LogP contribution in [-0.4, -0.2) is 17.8 Å². The second-order valence-electron chi connectivity index (χ2n) is 3.45. The SMILES string of the molecule is O=C1N[C@H](c2cc(I)c(O)c(I)c2)CCO1. The van der Waals surface area contributed by atoms with Crippen LogP contribution in [0.15, 0.2) is 12.1 Å². The number of hydrogen-bond acceptors (Lipinski definition) is 3. The molecule has 2 rings (SSSR count). The Hall–Kier alpha value is -0.250. The summed E-state index contributed by atoms with van der Waals surface area (Å²) in [6.45, 7) is 0.435. The van der Waals surface area contributed by atoms with Crippen LogP contribution < -0.4 is 5.32 Å². The zero-order chi connectivity index (χ0) is 11.7. The second-order valence-corrected chi connectivity index (χ2v) is 5.78. The van der Waals surface area contributed by atoms with Gasteiger partial charge in [-0.05, 0) is 62.9 Å². The summed E-state index contributed by atoms with van der Waals surface area (Å²) in [5.41, 5.74) is 1.00. The Bertz CT molecular complexity index is 413. The maximum absolute atomic E-state index is 11.1. The highest BCUT2D eigenvalue weighted by Crippen LogP contribution is 2.31. The number of halogens is 2. The molecule has 2 N–H and O–H groups in total. The number of alkyl carbamates (subject to hydrolysis) is 1. The monoisotopic (exact) mass is 445 g/mol. The average molecular weight is 445 g/mol. The predicted molar refractivity (Wildman–Crippen MR) is 75.4 cm³/mol. The fourth-order valence-corrected chi connectivity index (χ4v) is 3.38. The van der Waals surface area contributed by atoms with Crippen molar-refractivity contribution < 1.29 is 14.6 Å². The first-order valence-electron chi connectivity index (χ1n) is 4.69. The van der Waals surface area contributed by atoms with Crippen molar-refractivity contribution in [2.75, 3.05) is 6.61 Å². The third kappa shape index (κ3) is 2.53. The zero-order valence-electron chi connectivity index (χ0n) is 8.17. The van der Waals surface area contributed by atoms with E-state index in [1.54, 1.807) is 0 Å². The van der Waals surface area contributed by atoms with Crippen molar-refractivity contribution >= 4 is 51.3 Å². The van der Waals surface area contributed by atoms with Gasteiger partial charge in [-0.1, -0.05) is 0 Å². The van der Waals surface area contributed by atoms with Crippen molar-refractivity contribution in [3.63, 3.8) is 0 Å². The Morgan fingerprint density at radius 2 is 2.00 bits per heavy atom. The van der Waals surface area contributed by atoms with Gasteiger partial charge in [0.15, 0.2) is 0 Å². The molecule has 1 saturated heterocycles. The van der Waals surface area contributed by atoms with Crippen molar-refractivity contribution in [2.24, 2.45) is 0 Å². The number of ether oxygens (including phenoxy) is 1. The summed E-state index contributed by atoms with van der Waals surface area (Å²) in [7, 11) is 0. The molecule has 1 heterocycles. The number of hydrogen-bond donors (Lipinski definition) is 2. The van der Waals surface area contributed by atoms with Crippen molar-refractivity contribution in [1.29, 1.82) is 0 Å². The first kappa shape index (κ1) is 12.2. The number of aromatic hydroxyl groups is 1. The topological polar surface area (TPSA) is 58.6 Å². The normalized spacial score (nSPS) is 20.1. The van der Waals surface area contributed by atoms with Crippen LogP contribution >= 0.6 is 45.2 Å². The van der Waals surface area contributed by atoms with Crippen LogP contribution in [0.5, 0.6) is 5.75 Å². The molecule has 1 amide bonds. The Morgan fingerprint density at radius 3 is 2.56 bits per heavy atom. The molecule has 0 unspecified atom stereocenters. The lowest BCUT2D eigenvalue weighted by atomic mass is 10.0. The summed E-state index contributed by atoms with van der Waals surface area (Å²) >= 11 is 4.16. The van der Waals surface area contributed by atoms with Crippen molar-refractivity contribution in [1.82, 2.24) is 5.32 Å². The summed E-state index contributed by atoms with van der Waals surface area (Å²) in [6, 6.07) is 3.74. The van der Waals surface area contributed by atoms with Crippen molar-refractivity contribution in [3.8, 4) is 5.75 Å². The molecule has 1 atom stereocenters. The van der Waals surface area contributed by atoms with E-state index in [1.807, 2.05) is 12.1 Å². The Morgan fingerprint density at radius 1 is 1.38 bits per heavy atom. The molecule has 1 fully saturated rings. The number of phenols is 1. The minimum absolute atomic E-state index is 0.0242. The molecule has 86 valence electrons. The number of nitrogens with one attached hydrogen (secondary N) is 1. The molecule has 0 saturated carbocycles. The summed E-state index contributed by atoms with van der Waals surface area (Å²) < 4.78 is 6.39. The van der Waals surface area contributed by atoms with E-state index >= 15 is 0 Å². The van der Waals surface area contributed by atoms with Gasteiger partial charge in [0.2, 0.25) is 0 Å². The van der Waals surface area contributed by atoms with Gasteiger partial charge in [-0.15, -0.1) is 0 Å². The van der Waals surface area contributed by atoms with Gasteiger partial charge in [0.05, 0.1) is 19.8 Å². The van der Waals surface area contributed by atoms with E-state index in [4.69, 9.17) is 4.74 Å². The van der Waals surface area contributed by atoms with Crippen LogP contribution in [0.3, 0.4) is 0 Å². The van der Waals surface area contributed by atoms with Gasteiger partial charge in [-0.25, -0.2) is 4.79 Å². The third-order valence-corrected chi connectivity index (χ3v) is 4.02. The quantitative estimate of drug-likeness (QED) is 0.655. The van der Waals surface area contributed by atoms with E-state index in [0.717, 1.165) is 19.1 Å². The highest BCUT2D eigenvalue weighted by molar-refractivity contribution is 14.1. The third-order valence-electron chi connectivity index (χ3n) is 2.37. The molecule has 0 aromatic heterocycles. The molecular formula is C10H9I2NO3. The number of carbonyl (C=O) groups excluding carboxylic acids is 1. The fourth-order valence-electron chi connectivity index (χ4n) is 1.56. The lowest BCUT2D eigenvalue weighted by Gasteiger charge is -2.24. The number of cyclic esters (lactones) is 1. The molecule has 16 heavy (non-hydrogen) atoms. The Balaban J connectivity index is 2.30. The summed E-state index contributed by atoms with van der Waals surface area (Å²) in [4.78, 5) is 11.1. The van der Waals surface area contributed by atoms with Crippen LogP contribution in [-0.2, 0) is 4.74 Å². The van der Waals surface area contributed by atoms with Gasteiger partial charge < -0.3 is 15.2 Å². The number of benzene rings is 1. The predicted octanol–water partition coefficient (Wildman–Crippen LogP) is 2.77. The van der Waals surface area contributed by atoms with Gasteiger partial charge >= 0.3 is 6.09 Å². The maximum atomic E-state index is 11.1. The van der Waals surface area contributed by atoms with E-state index in [-0.39, 0.29) is 12.1 Å². The van der Waals surface area contributed by atoms with Crippen LogP contribution in [0, 0.1) is 7.14 Å². The highest BCUT2D eigenvalue weighted by Gasteiger charge is 2.22. The number of rotatable bonds is 1. The lowest BCUT2D eigenvalue weighted by molar-refractivity contribution is 0.115. The molecule has 0 radical (unpaired) electrons. The van der Waals surface area contributed by atoms with Crippen LogP contribution in [0.25, 0.3) is 0 Å². The molecular weight excluding hydrogens is 436 g/mol. The number of phenolic OH excluding ortho intramolecular Hbond substituents is 1.